The van der Waals surface area contributed by atoms with Gasteiger partial charge in [-0.05, 0) is 36.1 Å². The number of nitrogens with one attached hydrogen (secondary N) is 1. The van der Waals surface area contributed by atoms with Crippen LogP contribution >= 0.6 is 11.3 Å². The first kappa shape index (κ1) is 21.0. The second-order valence-corrected chi connectivity index (χ2v) is 8.70. The lowest BCUT2D eigenvalue weighted by atomic mass is 9.93. The van der Waals surface area contributed by atoms with Gasteiger partial charge in [-0.3, -0.25) is 9.59 Å². The second kappa shape index (κ2) is 9.27. The van der Waals surface area contributed by atoms with Crippen molar-refractivity contribution in [1.29, 1.82) is 0 Å². The maximum atomic E-state index is 12.6. The molecule has 0 unspecified atom stereocenters. The van der Waals surface area contributed by atoms with Crippen LogP contribution in [0.4, 0.5) is 0 Å². The lowest BCUT2D eigenvalue weighted by Gasteiger charge is -2.32. The Morgan fingerprint density at radius 2 is 1.90 bits per heavy atom. The normalized spacial score (nSPS) is 14.9. The molecule has 158 valence electrons. The minimum atomic E-state index is -0.278. The summed E-state index contributed by atoms with van der Waals surface area (Å²) in [5, 5.41) is 6.13. The van der Waals surface area contributed by atoms with E-state index >= 15 is 0 Å². The fraction of sp³-hybridized carbons (Fsp3) is 0.240. The highest BCUT2D eigenvalue weighted by atomic mass is 32.1. The van der Waals surface area contributed by atoms with E-state index < -0.39 is 0 Å². The molecule has 0 saturated carbocycles. The van der Waals surface area contributed by atoms with Crippen LogP contribution in [0.2, 0.25) is 0 Å². The first-order chi connectivity index (χ1) is 15.0. The summed E-state index contributed by atoms with van der Waals surface area (Å²) in [5.74, 6) is -0.130. The number of hydrogen-bond acceptors (Lipinski definition) is 4. The number of hydrogen-bond donors (Lipinski definition) is 1. The van der Waals surface area contributed by atoms with Crippen LogP contribution in [0, 0.1) is 6.92 Å². The first-order valence-electron chi connectivity index (χ1n) is 10.4. The molecule has 2 amide bonds. The zero-order chi connectivity index (χ0) is 21.8. The van der Waals surface area contributed by atoms with Crippen molar-refractivity contribution >= 4 is 29.2 Å². The number of rotatable bonds is 6. The van der Waals surface area contributed by atoms with E-state index in [2.05, 4.69) is 39.9 Å². The van der Waals surface area contributed by atoms with Crippen LogP contribution in [-0.4, -0.2) is 28.2 Å². The average Bonchev–Trinajstić information content (AvgIpc) is 3.20. The van der Waals surface area contributed by atoms with Crippen LogP contribution in [-0.2, 0) is 16.0 Å². The number of fused-ring (bicyclic) bond motifs is 1. The highest BCUT2D eigenvalue weighted by Gasteiger charge is 2.27. The first-order valence-corrected chi connectivity index (χ1v) is 11.2. The summed E-state index contributed by atoms with van der Waals surface area (Å²) in [6.07, 6.45) is 4.68. The van der Waals surface area contributed by atoms with E-state index in [-0.39, 0.29) is 24.3 Å². The predicted molar refractivity (Wildman–Crippen MR) is 124 cm³/mol. The molecule has 0 saturated heterocycles. The fourth-order valence-electron chi connectivity index (χ4n) is 3.85. The smallest absolute Gasteiger partial charge is 0.223 e. The van der Waals surface area contributed by atoms with Gasteiger partial charge < -0.3 is 10.2 Å². The zero-order valence-electron chi connectivity index (χ0n) is 17.7. The number of carbonyl (C=O) groups is 2. The predicted octanol–water partition coefficient (Wildman–Crippen LogP) is 4.74. The summed E-state index contributed by atoms with van der Waals surface area (Å²) in [4.78, 5) is 30.9. The maximum absolute atomic E-state index is 12.6. The molecule has 2 aromatic carbocycles. The van der Waals surface area contributed by atoms with Gasteiger partial charge in [-0.2, -0.15) is 0 Å². The average molecular weight is 432 g/mol. The molecule has 0 radical (unpaired) electrons. The fourth-order valence-corrected chi connectivity index (χ4v) is 4.47. The van der Waals surface area contributed by atoms with Crippen molar-refractivity contribution in [2.75, 3.05) is 6.54 Å². The quantitative estimate of drug-likeness (QED) is 0.613. The minimum Gasteiger partial charge on any atom is -0.356 e. The minimum absolute atomic E-state index is 0.0593. The molecule has 5 nitrogen and oxygen atoms in total. The van der Waals surface area contributed by atoms with Crippen LogP contribution in [0.25, 0.3) is 17.3 Å². The molecule has 1 N–H and O–H groups in total. The molecular formula is C25H25N3O2S. The van der Waals surface area contributed by atoms with Crippen molar-refractivity contribution in [3.05, 3.63) is 81.8 Å². The van der Waals surface area contributed by atoms with Gasteiger partial charge in [0.25, 0.3) is 0 Å². The Labute approximate surface area is 186 Å². The Bertz CT molecular complexity index is 1120. The Kier molecular flexibility index (Phi) is 6.28. The van der Waals surface area contributed by atoms with Gasteiger partial charge in [0.2, 0.25) is 11.8 Å². The third-order valence-electron chi connectivity index (χ3n) is 5.45. The Balaban J connectivity index is 1.33. The molecule has 1 atom stereocenters. The summed E-state index contributed by atoms with van der Waals surface area (Å²) in [5.41, 5.74) is 5.31. The van der Waals surface area contributed by atoms with E-state index in [1.807, 2.05) is 37.3 Å². The Hall–Kier alpha value is -3.25. The monoisotopic (exact) mass is 431 g/mol. The highest BCUT2D eigenvalue weighted by molar-refractivity contribution is 7.09. The SMILES string of the molecule is CC(=O)N1C=Cc2ccccc2[C@H]1CC(=O)NCCc1ccc(-c2csc(C)n2)cc1. The molecule has 0 aliphatic carbocycles. The number of carbonyl (C=O) groups excluding carboxylic acids is 2. The molecule has 0 spiro atoms. The van der Waals surface area contributed by atoms with Crippen LogP contribution in [0.3, 0.4) is 0 Å². The summed E-state index contributed by atoms with van der Waals surface area (Å²) >= 11 is 1.64. The topological polar surface area (TPSA) is 62.3 Å². The molecule has 3 aromatic rings. The number of aromatic nitrogens is 1. The molecule has 31 heavy (non-hydrogen) atoms. The van der Waals surface area contributed by atoms with Crippen molar-refractivity contribution in [3.8, 4) is 11.3 Å². The van der Waals surface area contributed by atoms with E-state index in [0.29, 0.717) is 6.54 Å². The van der Waals surface area contributed by atoms with E-state index in [0.717, 1.165) is 39.4 Å². The van der Waals surface area contributed by atoms with Crippen molar-refractivity contribution in [2.45, 2.75) is 32.7 Å². The molecule has 0 fully saturated rings. The van der Waals surface area contributed by atoms with Crippen LogP contribution in [0.1, 0.15) is 41.1 Å². The largest absolute Gasteiger partial charge is 0.356 e. The lowest BCUT2D eigenvalue weighted by Crippen LogP contribution is -2.35. The second-order valence-electron chi connectivity index (χ2n) is 7.64. The van der Waals surface area contributed by atoms with Gasteiger partial charge in [-0.25, -0.2) is 4.98 Å². The van der Waals surface area contributed by atoms with Gasteiger partial charge in [-0.1, -0.05) is 48.5 Å². The van der Waals surface area contributed by atoms with E-state index in [1.54, 1.807) is 22.4 Å². The van der Waals surface area contributed by atoms with Crippen molar-refractivity contribution in [2.24, 2.45) is 0 Å². The molecule has 1 aliphatic rings. The van der Waals surface area contributed by atoms with Crippen LogP contribution < -0.4 is 5.32 Å². The van der Waals surface area contributed by atoms with Crippen molar-refractivity contribution < 1.29 is 9.59 Å². The molecular weight excluding hydrogens is 406 g/mol. The molecule has 0 bridgehead atoms. The Morgan fingerprint density at radius 1 is 1.13 bits per heavy atom. The van der Waals surface area contributed by atoms with E-state index in [1.165, 1.54) is 6.92 Å². The maximum Gasteiger partial charge on any atom is 0.223 e. The van der Waals surface area contributed by atoms with Gasteiger partial charge in [0.15, 0.2) is 0 Å². The van der Waals surface area contributed by atoms with Gasteiger partial charge in [0.05, 0.1) is 23.2 Å². The molecule has 6 heteroatoms. The third kappa shape index (κ3) is 4.91. The van der Waals surface area contributed by atoms with Gasteiger partial charge in [0.1, 0.15) is 0 Å². The number of amides is 2. The lowest BCUT2D eigenvalue weighted by molar-refractivity contribution is -0.129. The number of nitrogens with zero attached hydrogens (tertiary/aromatic N) is 2. The summed E-state index contributed by atoms with van der Waals surface area (Å²) < 4.78 is 0. The van der Waals surface area contributed by atoms with Gasteiger partial charge in [-0.15, -0.1) is 11.3 Å². The van der Waals surface area contributed by atoms with Gasteiger partial charge in [0, 0.05) is 30.6 Å². The molecule has 1 aromatic heterocycles. The summed E-state index contributed by atoms with van der Waals surface area (Å²) in [6.45, 7) is 4.08. The number of thiazole rings is 1. The molecule has 4 rings (SSSR count). The summed E-state index contributed by atoms with van der Waals surface area (Å²) in [7, 11) is 0. The number of aryl methyl sites for hydroxylation is 1. The third-order valence-corrected chi connectivity index (χ3v) is 6.23. The van der Waals surface area contributed by atoms with Crippen molar-refractivity contribution in [3.63, 3.8) is 0 Å². The van der Waals surface area contributed by atoms with Gasteiger partial charge >= 0.3 is 0 Å². The Morgan fingerprint density at radius 3 is 2.61 bits per heavy atom. The number of benzene rings is 2. The zero-order valence-corrected chi connectivity index (χ0v) is 18.5. The van der Waals surface area contributed by atoms with Crippen LogP contribution in [0.15, 0.2) is 60.1 Å². The highest BCUT2D eigenvalue weighted by Crippen LogP contribution is 2.32. The standard InChI is InChI=1S/C25H25N3O2S/c1-17-27-23(16-31-17)21-9-7-19(8-10-21)11-13-26-25(30)15-24-22-6-4-3-5-20(22)12-14-28(24)18(2)29/h3-10,12,14,16,24H,11,13,15H2,1-2H3,(H,26,30)/t24-/m1/s1. The molecule has 2 heterocycles. The molecule has 1 aliphatic heterocycles. The van der Waals surface area contributed by atoms with Crippen molar-refractivity contribution in [1.82, 2.24) is 15.2 Å². The van der Waals surface area contributed by atoms with Crippen LogP contribution in [0.5, 0.6) is 0 Å². The van der Waals surface area contributed by atoms with E-state index in [4.69, 9.17) is 0 Å². The summed E-state index contributed by atoms with van der Waals surface area (Å²) in [6, 6.07) is 15.9. The van der Waals surface area contributed by atoms with E-state index in [9.17, 15) is 9.59 Å².